The van der Waals surface area contributed by atoms with Crippen LogP contribution >= 0.6 is 24.0 Å². The number of fused-ring (bicyclic) bond motifs is 1. The Morgan fingerprint density at radius 2 is 1.93 bits per heavy atom. The fourth-order valence-corrected chi connectivity index (χ4v) is 3.98. The van der Waals surface area contributed by atoms with Gasteiger partial charge in [-0.25, -0.2) is 4.99 Å². The number of guanidine groups is 1. The first kappa shape index (κ1) is 21.6. The molecule has 29 heavy (non-hydrogen) atoms. The van der Waals surface area contributed by atoms with E-state index in [2.05, 4.69) is 54.0 Å². The Morgan fingerprint density at radius 1 is 1.14 bits per heavy atom. The lowest BCUT2D eigenvalue weighted by atomic mass is 9.78. The third-order valence-corrected chi connectivity index (χ3v) is 5.56. The summed E-state index contributed by atoms with van der Waals surface area (Å²) in [7, 11) is 0. The number of halogens is 1. The van der Waals surface area contributed by atoms with Gasteiger partial charge in [0.05, 0.1) is 6.54 Å². The van der Waals surface area contributed by atoms with Crippen molar-refractivity contribution in [2.24, 2.45) is 4.99 Å². The number of carbonyl (C=O) groups is 1. The van der Waals surface area contributed by atoms with Crippen molar-refractivity contribution in [3.05, 3.63) is 65.2 Å². The van der Waals surface area contributed by atoms with Crippen LogP contribution in [-0.4, -0.2) is 31.5 Å². The van der Waals surface area contributed by atoms with Crippen LogP contribution in [0.3, 0.4) is 0 Å². The Balaban J connectivity index is 0.00000240. The summed E-state index contributed by atoms with van der Waals surface area (Å²) in [5.74, 6) is 1.64. The van der Waals surface area contributed by atoms with Gasteiger partial charge in [0.2, 0.25) is 5.91 Å². The van der Waals surface area contributed by atoms with E-state index in [9.17, 15) is 4.79 Å². The Morgan fingerprint density at radius 3 is 2.62 bits per heavy atom. The minimum Gasteiger partial charge on any atom is -0.357 e. The third kappa shape index (κ3) is 5.10. The molecular formula is C23H29IN4O. The fraction of sp³-hybridized carbons (Fsp3) is 0.391. The molecule has 154 valence electrons. The quantitative estimate of drug-likeness (QED) is 0.357. The van der Waals surface area contributed by atoms with Gasteiger partial charge in [-0.15, -0.1) is 24.0 Å². The van der Waals surface area contributed by atoms with Crippen LogP contribution in [0.15, 0.2) is 53.5 Å². The zero-order valence-corrected chi connectivity index (χ0v) is 19.2. The SMILES string of the molecule is CCNC(=NCc1ccc(N2CCCC2=O)cc1)NCC1Cc2ccccc21.I. The fourth-order valence-electron chi connectivity index (χ4n) is 3.98. The van der Waals surface area contributed by atoms with Crippen LogP contribution in [-0.2, 0) is 17.8 Å². The van der Waals surface area contributed by atoms with Gasteiger partial charge in [0.1, 0.15) is 0 Å². The molecule has 0 spiro atoms. The van der Waals surface area contributed by atoms with Crippen LogP contribution in [0.4, 0.5) is 5.69 Å². The van der Waals surface area contributed by atoms with E-state index in [0.717, 1.165) is 49.7 Å². The van der Waals surface area contributed by atoms with Crippen molar-refractivity contribution < 1.29 is 4.79 Å². The molecule has 0 bridgehead atoms. The monoisotopic (exact) mass is 504 g/mol. The second-order valence-corrected chi connectivity index (χ2v) is 7.49. The lowest BCUT2D eigenvalue weighted by molar-refractivity contribution is -0.117. The molecule has 2 aromatic carbocycles. The van der Waals surface area contributed by atoms with Gasteiger partial charge in [0.25, 0.3) is 0 Å². The molecule has 1 aliphatic heterocycles. The molecule has 1 aliphatic carbocycles. The summed E-state index contributed by atoms with van der Waals surface area (Å²) in [4.78, 5) is 18.5. The lowest BCUT2D eigenvalue weighted by Crippen LogP contribution is -2.41. The summed E-state index contributed by atoms with van der Waals surface area (Å²) in [6.45, 7) is 5.26. The highest BCUT2D eigenvalue weighted by Gasteiger charge is 2.25. The van der Waals surface area contributed by atoms with E-state index in [1.165, 1.54) is 11.1 Å². The van der Waals surface area contributed by atoms with Gasteiger partial charge >= 0.3 is 0 Å². The number of carbonyl (C=O) groups excluding carboxylic acids is 1. The van der Waals surface area contributed by atoms with E-state index in [1.807, 2.05) is 17.0 Å². The van der Waals surface area contributed by atoms with Crippen molar-refractivity contribution >= 4 is 41.5 Å². The van der Waals surface area contributed by atoms with Crippen LogP contribution in [0.5, 0.6) is 0 Å². The molecule has 2 aromatic rings. The molecule has 0 radical (unpaired) electrons. The van der Waals surface area contributed by atoms with Gasteiger partial charge in [0, 0.05) is 37.7 Å². The molecule has 0 saturated carbocycles. The molecule has 5 nitrogen and oxygen atoms in total. The molecule has 2 aliphatic rings. The minimum atomic E-state index is 0. The average molecular weight is 504 g/mol. The first-order chi connectivity index (χ1) is 13.7. The van der Waals surface area contributed by atoms with Gasteiger partial charge in [-0.05, 0) is 48.6 Å². The van der Waals surface area contributed by atoms with Crippen molar-refractivity contribution in [3.8, 4) is 0 Å². The van der Waals surface area contributed by atoms with E-state index in [0.29, 0.717) is 18.9 Å². The van der Waals surface area contributed by atoms with Crippen molar-refractivity contribution in [3.63, 3.8) is 0 Å². The zero-order valence-electron chi connectivity index (χ0n) is 16.9. The Labute approximate surface area is 190 Å². The van der Waals surface area contributed by atoms with E-state index in [1.54, 1.807) is 0 Å². The van der Waals surface area contributed by atoms with Crippen LogP contribution in [0.25, 0.3) is 0 Å². The maximum Gasteiger partial charge on any atom is 0.227 e. The Hall–Kier alpha value is -2.09. The number of nitrogens with zero attached hydrogens (tertiary/aromatic N) is 2. The first-order valence-electron chi connectivity index (χ1n) is 10.2. The molecule has 1 saturated heterocycles. The molecule has 1 atom stereocenters. The molecule has 1 heterocycles. The lowest BCUT2D eigenvalue weighted by Gasteiger charge is -2.30. The smallest absolute Gasteiger partial charge is 0.227 e. The molecule has 1 amide bonds. The highest BCUT2D eigenvalue weighted by molar-refractivity contribution is 14.0. The Kier molecular flexibility index (Phi) is 7.52. The Bertz CT molecular complexity index is 865. The zero-order chi connectivity index (χ0) is 19.3. The number of amides is 1. The van der Waals surface area contributed by atoms with Gasteiger partial charge < -0.3 is 15.5 Å². The second-order valence-electron chi connectivity index (χ2n) is 7.49. The van der Waals surface area contributed by atoms with Gasteiger partial charge in [-0.3, -0.25) is 4.79 Å². The van der Waals surface area contributed by atoms with Gasteiger partial charge in [0.15, 0.2) is 5.96 Å². The van der Waals surface area contributed by atoms with Crippen LogP contribution in [0, 0.1) is 0 Å². The largest absolute Gasteiger partial charge is 0.357 e. The molecule has 2 N–H and O–H groups in total. The summed E-state index contributed by atoms with van der Waals surface area (Å²) < 4.78 is 0. The molecule has 1 unspecified atom stereocenters. The minimum absolute atomic E-state index is 0. The number of nitrogens with one attached hydrogen (secondary N) is 2. The molecular weight excluding hydrogens is 475 g/mol. The van der Waals surface area contributed by atoms with Crippen LogP contribution in [0.1, 0.15) is 42.4 Å². The summed E-state index contributed by atoms with van der Waals surface area (Å²) in [6.07, 6.45) is 2.75. The van der Waals surface area contributed by atoms with E-state index >= 15 is 0 Å². The highest BCUT2D eigenvalue weighted by atomic mass is 127. The maximum atomic E-state index is 11.9. The first-order valence-corrected chi connectivity index (χ1v) is 10.2. The summed E-state index contributed by atoms with van der Waals surface area (Å²) >= 11 is 0. The summed E-state index contributed by atoms with van der Waals surface area (Å²) in [5.41, 5.74) is 5.05. The maximum absolute atomic E-state index is 11.9. The number of hydrogen-bond donors (Lipinski definition) is 2. The number of rotatable bonds is 6. The number of hydrogen-bond acceptors (Lipinski definition) is 2. The van der Waals surface area contributed by atoms with E-state index in [4.69, 9.17) is 4.99 Å². The summed E-state index contributed by atoms with van der Waals surface area (Å²) in [6, 6.07) is 16.8. The predicted octanol–water partition coefficient (Wildman–Crippen LogP) is 3.83. The normalized spacial score (nSPS) is 18.0. The average Bonchev–Trinajstić information content (AvgIpc) is 3.13. The van der Waals surface area contributed by atoms with Crippen LogP contribution in [0.2, 0.25) is 0 Å². The highest BCUT2D eigenvalue weighted by Crippen LogP contribution is 2.33. The molecule has 6 heteroatoms. The van der Waals surface area contributed by atoms with Crippen LogP contribution < -0.4 is 15.5 Å². The second kappa shape index (κ2) is 10.1. The number of anilines is 1. The summed E-state index contributed by atoms with van der Waals surface area (Å²) in [5, 5.41) is 6.81. The predicted molar refractivity (Wildman–Crippen MR) is 129 cm³/mol. The van der Waals surface area contributed by atoms with Crippen molar-refractivity contribution in [1.29, 1.82) is 0 Å². The van der Waals surface area contributed by atoms with Gasteiger partial charge in [-0.1, -0.05) is 36.4 Å². The van der Waals surface area contributed by atoms with Crippen molar-refractivity contribution in [1.82, 2.24) is 10.6 Å². The topological polar surface area (TPSA) is 56.7 Å². The van der Waals surface area contributed by atoms with Gasteiger partial charge in [-0.2, -0.15) is 0 Å². The molecule has 0 aromatic heterocycles. The van der Waals surface area contributed by atoms with E-state index in [-0.39, 0.29) is 29.9 Å². The molecule has 4 rings (SSSR count). The van der Waals surface area contributed by atoms with Crippen molar-refractivity contribution in [2.45, 2.75) is 38.6 Å². The van der Waals surface area contributed by atoms with Crippen molar-refractivity contribution in [2.75, 3.05) is 24.5 Å². The number of benzene rings is 2. The molecule has 1 fully saturated rings. The third-order valence-electron chi connectivity index (χ3n) is 5.56. The standard InChI is InChI=1S/C23H28N4O.HI/c1-2-24-23(26-16-19-14-18-6-3-4-7-21(18)19)25-15-17-9-11-20(12-10-17)27-13-5-8-22(27)28;/h3-4,6-7,9-12,19H,2,5,8,13-16H2,1H3,(H2,24,25,26);1H. The van der Waals surface area contributed by atoms with E-state index < -0.39 is 0 Å². The number of aliphatic imine (C=N–C) groups is 1.